The number of hydrogen-bond acceptors (Lipinski definition) is 2. The number of halogens is 1. The third kappa shape index (κ3) is 4.29. The van der Waals surface area contributed by atoms with Crippen LogP contribution in [0.2, 0.25) is 0 Å². The lowest BCUT2D eigenvalue weighted by atomic mass is 10.2. The van der Waals surface area contributed by atoms with Gasteiger partial charge in [-0.1, -0.05) is 12.1 Å². The second kappa shape index (κ2) is 6.95. The number of terminal acetylenes is 1. The van der Waals surface area contributed by atoms with Gasteiger partial charge in [0.25, 0.3) is 0 Å². The van der Waals surface area contributed by atoms with Gasteiger partial charge in [0.05, 0.1) is 0 Å². The molecule has 1 aromatic rings. The van der Waals surface area contributed by atoms with Crippen LogP contribution in [0.15, 0.2) is 33.6 Å². The Morgan fingerprint density at radius 3 is 2.87 bits per heavy atom. The summed E-state index contributed by atoms with van der Waals surface area (Å²) in [6, 6.07) is 8.61. The molecule has 0 saturated heterocycles. The predicted molar refractivity (Wildman–Crippen MR) is 71.2 cm³/mol. The van der Waals surface area contributed by atoms with Crippen LogP contribution in [0.25, 0.3) is 0 Å². The molecule has 1 unspecified atom stereocenters. The maximum Gasteiger partial charge on any atom is 0.0311 e. The van der Waals surface area contributed by atoms with E-state index in [9.17, 15) is 0 Å². The molecule has 0 heterocycles. The Balaban J connectivity index is 2.49. The van der Waals surface area contributed by atoms with Crippen LogP contribution in [-0.4, -0.2) is 18.8 Å². The van der Waals surface area contributed by atoms with Crippen LogP contribution < -0.4 is 5.32 Å². The zero-order chi connectivity index (χ0) is 11.1. The predicted octanol–water partition coefficient (Wildman–Crippen LogP) is 3.15. The summed E-state index contributed by atoms with van der Waals surface area (Å²) in [4.78, 5) is 1.26. The fourth-order valence-corrected chi connectivity index (χ4v) is 2.81. The number of rotatable bonds is 5. The molecule has 0 radical (unpaired) electrons. The molecule has 1 aromatic carbocycles. The van der Waals surface area contributed by atoms with Crippen LogP contribution >= 0.6 is 27.7 Å². The van der Waals surface area contributed by atoms with Crippen LogP contribution in [0.5, 0.6) is 0 Å². The van der Waals surface area contributed by atoms with Crippen molar-refractivity contribution in [3.63, 3.8) is 0 Å². The number of hydrogen-bond donors (Lipinski definition) is 1. The third-order valence-electron chi connectivity index (χ3n) is 2.05. The number of thioether (sulfide) groups is 1. The molecule has 0 saturated carbocycles. The first kappa shape index (κ1) is 12.6. The molecule has 0 aliphatic heterocycles. The average Bonchev–Trinajstić information content (AvgIpc) is 2.26. The first-order valence-electron chi connectivity index (χ1n) is 4.76. The summed E-state index contributed by atoms with van der Waals surface area (Å²) in [6.45, 7) is 0. The van der Waals surface area contributed by atoms with Crippen LogP contribution in [0.1, 0.15) is 6.42 Å². The molecule has 0 fully saturated rings. The topological polar surface area (TPSA) is 12.0 Å². The minimum Gasteiger partial charge on any atom is -0.315 e. The van der Waals surface area contributed by atoms with Crippen molar-refractivity contribution >= 4 is 27.7 Å². The summed E-state index contributed by atoms with van der Waals surface area (Å²) < 4.78 is 1.14. The van der Waals surface area contributed by atoms with Crippen molar-refractivity contribution in [2.45, 2.75) is 17.4 Å². The molecule has 0 aromatic heterocycles. The van der Waals surface area contributed by atoms with E-state index >= 15 is 0 Å². The van der Waals surface area contributed by atoms with Crippen molar-refractivity contribution in [2.75, 3.05) is 12.8 Å². The molecular formula is C12H14BrNS. The summed E-state index contributed by atoms with van der Waals surface area (Å²) >= 11 is 5.34. The summed E-state index contributed by atoms with van der Waals surface area (Å²) in [5.41, 5.74) is 0. The van der Waals surface area contributed by atoms with Crippen molar-refractivity contribution in [1.29, 1.82) is 0 Å². The quantitative estimate of drug-likeness (QED) is 0.658. The fraction of sp³-hybridized carbons (Fsp3) is 0.333. The van der Waals surface area contributed by atoms with Gasteiger partial charge >= 0.3 is 0 Å². The molecule has 0 bridgehead atoms. The normalized spacial score (nSPS) is 12.1. The lowest BCUT2D eigenvalue weighted by molar-refractivity contribution is 0.637. The van der Waals surface area contributed by atoms with Crippen molar-refractivity contribution in [1.82, 2.24) is 5.32 Å². The minimum absolute atomic E-state index is 0.382. The van der Waals surface area contributed by atoms with Crippen LogP contribution in [0.3, 0.4) is 0 Å². The van der Waals surface area contributed by atoms with E-state index in [1.807, 2.05) is 30.9 Å². The fourth-order valence-electron chi connectivity index (χ4n) is 1.14. The second-order valence-corrected chi connectivity index (χ2v) is 5.05. The summed E-state index contributed by atoms with van der Waals surface area (Å²) in [5.74, 6) is 3.67. The van der Waals surface area contributed by atoms with Gasteiger partial charge in [0.1, 0.15) is 0 Å². The first-order valence-corrected chi connectivity index (χ1v) is 6.54. The Labute approximate surface area is 104 Å². The highest BCUT2D eigenvalue weighted by Crippen LogP contribution is 2.27. The van der Waals surface area contributed by atoms with Gasteiger partial charge in [-0.2, -0.15) is 0 Å². The van der Waals surface area contributed by atoms with E-state index in [1.54, 1.807) is 0 Å². The maximum absolute atomic E-state index is 5.30. The molecule has 0 aliphatic carbocycles. The zero-order valence-corrected chi connectivity index (χ0v) is 11.1. The Morgan fingerprint density at radius 2 is 2.27 bits per heavy atom. The Morgan fingerprint density at radius 1 is 1.53 bits per heavy atom. The highest BCUT2D eigenvalue weighted by molar-refractivity contribution is 9.10. The SMILES string of the molecule is C#CCC(CSc1ccccc1Br)NC. The van der Waals surface area contributed by atoms with Crippen molar-refractivity contribution in [3.8, 4) is 12.3 Å². The van der Waals surface area contributed by atoms with Gasteiger partial charge in [-0.3, -0.25) is 0 Å². The molecule has 1 nitrogen and oxygen atoms in total. The smallest absolute Gasteiger partial charge is 0.0311 e. The summed E-state index contributed by atoms with van der Waals surface area (Å²) in [5, 5.41) is 3.21. The van der Waals surface area contributed by atoms with Crippen LogP contribution in [0, 0.1) is 12.3 Å². The summed E-state index contributed by atoms with van der Waals surface area (Å²) in [6.07, 6.45) is 6.07. The van der Waals surface area contributed by atoms with E-state index in [1.165, 1.54) is 4.90 Å². The van der Waals surface area contributed by atoms with Gasteiger partial charge in [0.2, 0.25) is 0 Å². The van der Waals surface area contributed by atoms with Gasteiger partial charge in [0, 0.05) is 27.6 Å². The van der Waals surface area contributed by atoms with Crippen molar-refractivity contribution in [3.05, 3.63) is 28.7 Å². The molecule has 1 atom stereocenters. The van der Waals surface area contributed by atoms with Crippen molar-refractivity contribution < 1.29 is 0 Å². The molecule has 0 amide bonds. The van der Waals surface area contributed by atoms with E-state index in [0.717, 1.165) is 16.6 Å². The van der Waals surface area contributed by atoms with Gasteiger partial charge in [-0.05, 0) is 35.1 Å². The molecule has 1 N–H and O–H groups in total. The van der Waals surface area contributed by atoms with E-state index in [0.29, 0.717) is 6.04 Å². The lowest BCUT2D eigenvalue weighted by Crippen LogP contribution is -2.26. The largest absolute Gasteiger partial charge is 0.315 e. The Kier molecular flexibility index (Phi) is 5.85. The minimum atomic E-state index is 0.382. The van der Waals surface area contributed by atoms with E-state index in [-0.39, 0.29) is 0 Å². The third-order valence-corrected chi connectivity index (χ3v) is 4.24. The van der Waals surface area contributed by atoms with E-state index < -0.39 is 0 Å². The first-order chi connectivity index (χ1) is 7.27. The van der Waals surface area contributed by atoms with Gasteiger partial charge in [-0.15, -0.1) is 24.1 Å². The zero-order valence-electron chi connectivity index (χ0n) is 8.66. The lowest BCUT2D eigenvalue weighted by Gasteiger charge is -2.12. The molecule has 0 spiro atoms. The van der Waals surface area contributed by atoms with Gasteiger partial charge < -0.3 is 5.32 Å². The number of nitrogens with one attached hydrogen (secondary N) is 1. The highest BCUT2D eigenvalue weighted by atomic mass is 79.9. The summed E-state index contributed by atoms with van der Waals surface area (Å²) in [7, 11) is 1.95. The highest BCUT2D eigenvalue weighted by Gasteiger charge is 2.06. The van der Waals surface area contributed by atoms with E-state index in [2.05, 4.69) is 39.3 Å². The van der Waals surface area contributed by atoms with Crippen LogP contribution in [-0.2, 0) is 0 Å². The Hall–Kier alpha value is -0.430. The average molecular weight is 284 g/mol. The van der Waals surface area contributed by atoms with Gasteiger partial charge in [-0.25, -0.2) is 0 Å². The van der Waals surface area contributed by atoms with Crippen molar-refractivity contribution in [2.24, 2.45) is 0 Å². The standard InChI is InChI=1S/C12H14BrNS/c1-3-6-10(14-2)9-15-12-8-5-4-7-11(12)13/h1,4-5,7-8,10,14H,6,9H2,2H3. The maximum atomic E-state index is 5.30. The van der Waals surface area contributed by atoms with E-state index in [4.69, 9.17) is 6.42 Å². The number of benzene rings is 1. The molecule has 0 aliphatic rings. The molecule has 80 valence electrons. The monoisotopic (exact) mass is 283 g/mol. The van der Waals surface area contributed by atoms with Gasteiger partial charge in [0.15, 0.2) is 0 Å². The molecule has 15 heavy (non-hydrogen) atoms. The molecule has 3 heteroatoms. The molecular weight excluding hydrogens is 270 g/mol. The molecule has 1 rings (SSSR count). The van der Waals surface area contributed by atoms with Crippen LogP contribution in [0.4, 0.5) is 0 Å². The Bertz CT molecular complexity index is 346. The second-order valence-electron chi connectivity index (χ2n) is 3.14.